The van der Waals surface area contributed by atoms with Gasteiger partial charge in [0.15, 0.2) is 23.3 Å². The molecule has 236 valence electrons. The zero-order valence-electron chi connectivity index (χ0n) is 26.4. The second kappa shape index (κ2) is 10.6. The fourth-order valence-corrected chi connectivity index (χ4v) is 8.01. The third-order valence-electron chi connectivity index (χ3n) is 10.3. The Morgan fingerprint density at radius 2 is 0.620 bits per heavy atom. The molecular weight excluding hydrogens is 628 g/mol. The third kappa shape index (κ3) is 3.99. The van der Waals surface area contributed by atoms with E-state index < -0.39 is 23.3 Å². The van der Waals surface area contributed by atoms with Crippen molar-refractivity contribution in [2.45, 2.75) is 0 Å². The highest BCUT2D eigenvalue weighted by Gasteiger charge is 2.27. The van der Waals surface area contributed by atoms with Gasteiger partial charge in [0.1, 0.15) is 0 Å². The predicted octanol–water partition coefficient (Wildman–Crippen LogP) is 13.6. The molecule has 0 aliphatic rings. The van der Waals surface area contributed by atoms with E-state index in [9.17, 15) is 0 Å². The lowest BCUT2D eigenvalue weighted by Crippen LogP contribution is -2.01. The second-order valence-electron chi connectivity index (χ2n) is 12.9. The van der Waals surface area contributed by atoms with Crippen molar-refractivity contribution in [1.82, 2.24) is 0 Å². The molecule has 0 fully saturated rings. The number of hydrogen-bond acceptors (Lipinski definition) is 0. The van der Waals surface area contributed by atoms with Crippen molar-refractivity contribution in [2.24, 2.45) is 0 Å². The third-order valence-corrected chi connectivity index (χ3v) is 10.3. The zero-order chi connectivity index (χ0) is 33.7. The van der Waals surface area contributed by atoms with E-state index in [1.54, 1.807) is 0 Å². The first-order valence-corrected chi connectivity index (χ1v) is 16.4. The van der Waals surface area contributed by atoms with Gasteiger partial charge in [-0.1, -0.05) is 121 Å². The van der Waals surface area contributed by atoms with Crippen molar-refractivity contribution in [1.29, 1.82) is 0 Å². The minimum absolute atomic E-state index is 0.281. The average molecular weight is 653 g/mol. The fourth-order valence-electron chi connectivity index (χ4n) is 8.01. The van der Waals surface area contributed by atoms with Crippen molar-refractivity contribution >= 4 is 75.4 Å². The van der Waals surface area contributed by atoms with Crippen LogP contribution >= 0.6 is 0 Å². The first-order chi connectivity index (χ1) is 24.5. The molecule has 0 saturated heterocycles. The average Bonchev–Trinajstić information content (AvgIpc) is 3.17. The number of benzene rings is 10. The van der Waals surface area contributed by atoms with Crippen LogP contribution in [-0.4, -0.2) is 0 Å². The van der Waals surface area contributed by atoms with Crippen LogP contribution in [0.3, 0.4) is 0 Å². The molecule has 0 radical (unpaired) electrons. The molecule has 0 bridgehead atoms. The van der Waals surface area contributed by atoms with E-state index in [1.165, 1.54) is 0 Å². The lowest BCUT2D eigenvalue weighted by atomic mass is 9.83. The largest absolute Gasteiger partial charge is 0.203 e. The van der Waals surface area contributed by atoms with Crippen LogP contribution in [0.25, 0.3) is 97.7 Å². The highest BCUT2D eigenvalue weighted by molar-refractivity contribution is 6.38. The summed E-state index contributed by atoms with van der Waals surface area (Å²) < 4.78 is 63.4. The van der Waals surface area contributed by atoms with Crippen molar-refractivity contribution in [3.05, 3.63) is 169 Å². The lowest BCUT2D eigenvalue weighted by Gasteiger charge is -2.20. The Balaban J connectivity index is 1.45. The van der Waals surface area contributed by atoms with Crippen LogP contribution in [-0.2, 0) is 0 Å². The molecule has 0 saturated carbocycles. The van der Waals surface area contributed by atoms with E-state index in [0.717, 1.165) is 65.3 Å². The Hall–Kier alpha value is -6.26. The van der Waals surface area contributed by atoms with Crippen molar-refractivity contribution in [3.8, 4) is 22.3 Å². The molecule has 0 aliphatic carbocycles. The predicted molar refractivity (Wildman–Crippen MR) is 200 cm³/mol. The topological polar surface area (TPSA) is 0 Å². The van der Waals surface area contributed by atoms with E-state index in [4.69, 9.17) is 0 Å². The molecule has 10 rings (SSSR count). The minimum atomic E-state index is -1.83. The van der Waals surface area contributed by atoms with Crippen molar-refractivity contribution < 1.29 is 17.6 Å². The molecule has 0 atom stereocenters. The fraction of sp³-hybridized carbons (Fsp3) is 0. The van der Waals surface area contributed by atoms with Crippen molar-refractivity contribution in [3.63, 3.8) is 0 Å². The van der Waals surface area contributed by atoms with E-state index in [1.807, 2.05) is 133 Å². The summed E-state index contributed by atoms with van der Waals surface area (Å²) in [7, 11) is 0. The van der Waals surface area contributed by atoms with Gasteiger partial charge in [-0.25, -0.2) is 17.6 Å². The van der Waals surface area contributed by atoms with Gasteiger partial charge in [-0.3, -0.25) is 0 Å². The molecule has 0 amide bonds. The van der Waals surface area contributed by atoms with E-state index in [2.05, 4.69) is 12.1 Å². The maximum absolute atomic E-state index is 16.4. The van der Waals surface area contributed by atoms with Crippen LogP contribution in [0, 0.1) is 23.3 Å². The summed E-state index contributed by atoms with van der Waals surface area (Å²) in [6.07, 6.45) is 0. The molecule has 10 aromatic carbocycles. The van der Waals surface area contributed by atoms with Gasteiger partial charge in [0.05, 0.1) is 0 Å². The standard InChI is InChI=1S/C46H24F4/c47-43-41-37-23-35(29-19-17-25-9-1-3-11-27(25)21-29)31-13-5-7-15-33(31)39(37)40-34-16-8-6-14-32(34)36(24-38(40)42(41)44(48)46(50)45(43)49)30-20-18-26-10-2-4-12-28(26)22-30/h1-24H. The van der Waals surface area contributed by atoms with Gasteiger partial charge < -0.3 is 0 Å². The number of hydrogen-bond donors (Lipinski definition) is 0. The van der Waals surface area contributed by atoms with Crippen molar-refractivity contribution in [2.75, 3.05) is 0 Å². The van der Waals surface area contributed by atoms with Crippen LogP contribution < -0.4 is 0 Å². The summed E-state index contributed by atoms with van der Waals surface area (Å²) >= 11 is 0. The molecule has 0 heterocycles. The molecule has 0 aliphatic heterocycles. The SMILES string of the molecule is Fc1c(F)c(F)c2c3cc(-c4ccc5ccccc5c4)c4ccccc4c3c3c4ccccc4c(-c4ccc5ccccc5c4)cc3c2c1F. The van der Waals surface area contributed by atoms with E-state index >= 15 is 17.6 Å². The van der Waals surface area contributed by atoms with Gasteiger partial charge in [-0.05, 0) is 111 Å². The summed E-state index contributed by atoms with van der Waals surface area (Å²) in [6, 6.07) is 47.5. The first kappa shape index (κ1) is 28.7. The molecule has 0 spiro atoms. The molecule has 0 aromatic heterocycles. The maximum Gasteiger partial charge on any atom is 0.198 e. The maximum atomic E-state index is 16.4. The quantitative estimate of drug-likeness (QED) is 0.0755. The van der Waals surface area contributed by atoms with Crippen LogP contribution in [0.5, 0.6) is 0 Å². The van der Waals surface area contributed by atoms with Gasteiger partial charge in [-0.2, -0.15) is 0 Å². The zero-order valence-corrected chi connectivity index (χ0v) is 26.4. The Kier molecular flexibility index (Phi) is 6.10. The van der Waals surface area contributed by atoms with Crippen LogP contribution in [0.15, 0.2) is 146 Å². The Labute approximate surface area is 283 Å². The normalized spacial score (nSPS) is 12.0. The summed E-state index contributed by atoms with van der Waals surface area (Å²) in [6.45, 7) is 0. The first-order valence-electron chi connectivity index (χ1n) is 16.4. The Morgan fingerprint density at radius 1 is 0.260 bits per heavy atom. The molecule has 0 unspecified atom stereocenters. The lowest BCUT2D eigenvalue weighted by molar-refractivity contribution is 0.418. The molecule has 0 nitrogen and oxygen atoms in total. The monoisotopic (exact) mass is 652 g/mol. The van der Waals surface area contributed by atoms with Crippen LogP contribution in [0.4, 0.5) is 17.6 Å². The number of rotatable bonds is 2. The number of halogens is 4. The molecule has 50 heavy (non-hydrogen) atoms. The van der Waals surface area contributed by atoms with E-state index in [0.29, 0.717) is 21.5 Å². The molecule has 0 N–H and O–H groups in total. The van der Waals surface area contributed by atoms with E-state index in [-0.39, 0.29) is 10.8 Å². The Bertz CT molecular complexity index is 2880. The Morgan fingerprint density at radius 3 is 1.04 bits per heavy atom. The highest BCUT2D eigenvalue weighted by Crippen LogP contribution is 2.49. The smallest absolute Gasteiger partial charge is 0.198 e. The number of fused-ring (bicyclic) bond motifs is 12. The molecule has 10 aromatic rings. The van der Waals surface area contributed by atoms with Gasteiger partial charge in [-0.15, -0.1) is 0 Å². The van der Waals surface area contributed by atoms with Gasteiger partial charge in [0.25, 0.3) is 0 Å². The summed E-state index contributed by atoms with van der Waals surface area (Å²) in [5, 5.41) is 8.95. The van der Waals surface area contributed by atoms with Gasteiger partial charge in [0, 0.05) is 10.8 Å². The minimum Gasteiger partial charge on any atom is -0.203 e. The highest BCUT2D eigenvalue weighted by atomic mass is 19.2. The van der Waals surface area contributed by atoms with Crippen LogP contribution in [0.2, 0.25) is 0 Å². The molecule has 4 heteroatoms. The summed E-state index contributed by atoms with van der Waals surface area (Å²) in [5.41, 5.74) is 3.30. The van der Waals surface area contributed by atoms with Crippen LogP contribution in [0.1, 0.15) is 0 Å². The van der Waals surface area contributed by atoms with Gasteiger partial charge in [0.2, 0.25) is 0 Å². The summed E-state index contributed by atoms with van der Waals surface area (Å²) in [4.78, 5) is 0. The van der Waals surface area contributed by atoms with Gasteiger partial charge >= 0.3 is 0 Å². The molecular formula is C46H24F4. The summed E-state index contributed by atoms with van der Waals surface area (Å²) in [5.74, 6) is -6.48. The second-order valence-corrected chi connectivity index (χ2v) is 12.9.